The summed E-state index contributed by atoms with van der Waals surface area (Å²) >= 11 is 3.93. The monoisotopic (exact) mass is 298 g/mol. The Bertz CT molecular complexity index is 395. The van der Waals surface area contributed by atoms with E-state index in [2.05, 4.69) is 15.9 Å². The van der Waals surface area contributed by atoms with Crippen LogP contribution < -0.4 is 0 Å². The number of rotatable bonds is 3. The van der Waals surface area contributed by atoms with Crippen LogP contribution >= 0.6 is 27.7 Å². The van der Waals surface area contributed by atoms with Crippen molar-refractivity contribution < 1.29 is 18.0 Å². The van der Waals surface area contributed by atoms with E-state index in [-0.39, 0.29) is 9.37 Å². The van der Waals surface area contributed by atoms with E-state index in [1.165, 1.54) is 12.1 Å². The van der Waals surface area contributed by atoms with Crippen molar-refractivity contribution in [2.75, 3.05) is 6.26 Å². The predicted molar refractivity (Wildman–Crippen MR) is 56.2 cm³/mol. The Morgan fingerprint density at radius 3 is 2.53 bits per heavy atom. The minimum absolute atomic E-state index is 0.0445. The second-order valence-corrected chi connectivity index (χ2v) is 4.31. The summed E-state index contributed by atoms with van der Waals surface area (Å²) in [5.74, 6) is -2.41. The molecule has 0 saturated carbocycles. The van der Waals surface area contributed by atoms with E-state index < -0.39 is 23.6 Å². The van der Waals surface area contributed by atoms with Gasteiger partial charge in [0, 0.05) is 9.37 Å². The first-order valence-electron chi connectivity index (χ1n) is 3.83. The number of hydrogen-bond donors (Lipinski definition) is 0. The molecule has 0 atom stereocenters. The predicted octanol–water partition coefficient (Wildman–Crippen LogP) is 3.76. The van der Waals surface area contributed by atoms with Gasteiger partial charge in [-0.05, 0) is 34.3 Å². The van der Waals surface area contributed by atoms with Crippen molar-refractivity contribution in [2.24, 2.45) is 0 Å². The highest BCUT2D eigenvalue weighted by Gasteiger charge is 2.25. The molecule has 0 saturated heterocycles. The number of benzene rings is 1. The lowest BCUT2D eigenvalue weighted by molar-refractivity contribution is 0.0672. The van der Waals surface area contributed by atoms with Crippen molar-refractivity contribution in [1.29, 1.82) is 0 Å². The number of Topliss-reactive ketones (excluding diaryl/α,β-unsaturated/α-hetero) is 1. The Balaban J connectivity index is 3.33. The number of ketones is 1. The van der Waals surface area contributed by atoms with Crippen molar-refractivity contribution in [2.45, 2.75) is 11.3 Å². The number of carbonyl (C=O) groups is 1. The van der Waals surface area contributed by atoms with Gasteiger partial charge in [-0.2, -0.15) is 0 Å². The first-order chi connectivity index (χ1) is 6.99. The fourth-order valence-corrected chi connectivity index (χ4v) is 2.01. The third-order valence-electron chi connectivity index (χ3n) is 1.72. The Morgan fingerprint density at radius 2 is 2.07 bits per heavy atom. The molecule has 0 aromatic heterocycles. The molecule has 1 aromatic carbocycles. The van der Waals surface area contributed by atoms with Gasteiger partial charge in [-0.3, -0.25) is 4.79 Å². The topological polar surface area (TPSA) is 17.1 Å². The van der Waals surface area contributed by atoms with Crippen LogP contribution in [-0.4, -0.2) is 18.5 Å². The summed E-state index contributed by atoms with van der Waals surface area (Å²) in [7, 11) is 0. The zero-order valence-electron chi connectivity index (χ0n) is 7.56. The summed E-state index contributed by atoms with van der Waals surface area (Å²) in [5.41, 5.74) is -0.586. The summed E-state index contributed by atoms with van der Waals surface area (Å²) < 4.78 is 37.9. The minimum atomic E-state index is -3.20. The molecule has 0 N–H and O–H groups in total. The van der Waals surface area contributed by atoms with Crippen LogP contribution in [0.15, 0.2) is 21.5 Å². The summed E-state index contributed by atoms with van der Waals surface area (Å²) in [6.45, 7) is 0. The van der Waals surface area contributed by atoms with Gasteiger partial charge in [0.1, 0.15) is 5.82 Å². The maximum atomic E-state index is 13.5. The molecule has 1 rings (SSSR count). The summed E-state index contributed by atoms with van der Waals surface area (Å²) in [6, 6.07) is 2.80. The SMILES string of the molecule is CSc1ccc(Br)c(C(=O)C(F)F)c1F. The molecule has 0 spiro atoms. The second kappa shape index (κ2) is 5.03. The largest absolute Gasteiger partial charge is 0.300 e. The normalized spacial score (nSPS) is 10.8. The molecule has 15 heavy (non-hydrogen) atoms. The van der Waals surface area contributed by atoms with Crippen LogP contribution in [0.5, 0.6) is 0 Å². The van der Waals surface area contributed by atoms with Crippen LogP contribution in [0.2, 0.25) is 0 Å². The van der Waals surface area contributed by atoms with Crippen molar-refractivity contribution in [3.63, 3.8) is 0 Å². The number of hydrogen-bond acceptors (Lipinski definition) is 2. The third-order valence-corrected chi connectivity index (χ3v) is 3.14. The van der Waals surface area contributed by atoms with Crippen molar-refractivity contribution >= 4 is 33.5 Å². The number of alkyl halides is 2. The Kier molecular flexibility index (Phi) is 4.21. The lowest BCUT2D eigenvalue weighted by Crippen LogP contribution is -2.13. The second-order valence-electron chi connectivity index (χ2n) is 2.60. The van der Waals surface area contributed by atoms with E-state index in [0.717, 1.165) is 11.8 Å². The van der Waals surface area contributed by atoms with E-state index in [1.807, 2.05) is 0 Å². The Morgan fingerprint density at radius 1 is 1.47 bits per heavy atom. The molecule has 0 amide bonds. The smallest absolute Gasteiger partial charge is 0.288 e. The van der Waals surface area contributed by atoms with Gasteiger partial charge in [0.2, 0.25) is 5.78 Å². The van der Waals surface area contributed by atoms with Crippen molar-refractivity contribution in [3.8, 4) is 0 Å². The van der Waals surface area contributed by atoms with Gasteiger partial charge in [-0.25, -0.2) is 13.2 Å². The zero-order valence-corrected chi connectivity index (χ0v) is 9.96. The average molecular weight is 299 g/mol. The molecule has 1 aromatic rings. The minimum Gasteiger partial charge on any atom is -0.288 e. The summed E-state index contributed by atoms with van der Waals surface area (Å²) in [6.07, 6.45) is -1.60. The van der Waals surface area contributed by atoms with Crippen LogP contribution in [0.1, 0.15) is 10.4 Å². The fourth-order valence-electron chi connectivity index (χ4n) is 1.03. The lowest BCUT2D eigenvalue weighted by Gasteiger charge is -2.07. The van der Waals surface area contributed by atoms with Crippen molar-refractivity contribution in [1.82, 2.24) is 0 Å². The molecular weight excluding hydrogens is 293 g/mol. The van der Waals surface area contributed by atoms with E-state index >= 15 is 0 Å². The molecule has 0 radical (unpaired) electrons. The lowest BCUT2D eigenvalue weighted by atomic mass is 10.1. The van der Waals surface area contributed by atoms with Gasteiger partial charge in [0.05, 0.1) is 5.56 Å². The summed E-state index contributed by atoms with van der Waals surface area (Å²) in [4.78, 5) is 11.2. The van der Waals surface area contributed by atoms with Crippen LogP contribution in [0.25, 0.3) is 0 Å². The molecule has 0 aliphatic heterocycles. The maximum absolute atomic E-state index is 13.5. The molecule has 6 heteroatoms. The van der Waals surface area contributed by atoms with Gasteiger partial charge in [0.25, 0.3) is 0 Å². The molecule has 0 aliphatic carbocycles. The van der Waals surface area contributed by atoms with Crippen LogP contribution in [0.4, 0.5) is 13.2 Å². The van der Waals surface area contributed by atoms with Crippen LogP contribution in [0.3, 0.4) is 0 Å². The molecule has 0 heterocycles. The molecule has 82 valence electrons. The van der Waals surface area contributed by atoms with Gasteiger partial charge in [-0.1, -0.05) is 0 Å². The van der Waals surface area contributed by atoms with Gasteiger partial charge in [-0.15, -0.1) is 11.8 Å². The highest BCUT2D eigenvalue weighted by molar-refractivity contribution is 9.10. The number of halogens is 4. The fraction of sp³-hybridized carbons (Fsp3) is 0.222. The van der Waals surface area contributed by atoms with Crippen LogP contribution in [0, 0.1) is 5.82 Å². The number of carbonyl (C=O) groups excluding carboxylic acids is 1. The molecular formula is C9H6BrF3OS. The molecule has 0 unspecified atom stereocenters. The van der Waals surface area contributed by atoms with Gasteiger partial charge < -0.3 is 0 Å². The third kappa shape index (κ3) is 2.55. The van der Waals surface area contributed by atoms with E-state index in [0.29, 0.717) is 0 Å². The molecule has 0 aliphatic rings. The molecule has 1 nitrogen and oxygen atoms in total. The average Bonchev–Trinajstić information content (AvgIpc) is 2.17. The number of thioether (sulfide) groups is 1. The van der Waals surface area contributed by atoms with E-state index in [9.17, 15) is 18.0 Å². The maximum Gasteiger partial charge on any atom is 0.300 e. The van der Waals surface area contributed by atoms with E-state index in [1.54, 1.807) is 6.26 Å². The standard InChI is InChI=1S/C9H6BrF3OS/c1-15-5-3-2-4(10)6(7(5)11)8(14)9(12)13/h2-3,9H,1H3. The van der Waals surface area contributed by atoms with Crippen LogP contribution in [-0.2, 0) is 0 Å². The summed E-state index contributed by atoms with van der Waals surface area (Å²) in [5, 5.41) is 0. The highest BCUT2D eigenvalue weighted by atomic mass is 79.9. The molecule has 0 bridgehead atoms. The zero-order chi connectivity index (χ0) is 11.6. The van der Waals surface area contributed by atoms with E-state index in [4.69, 9.17) is 0 Å². The first kappa shape index (κ1) is 12.6. The highest BCUT2D eigenvalue weighted by Crippen LogP contribution is 2.29. The molecule has 0 fully saturated rings. The first-order valence-corrected chi connectivity index (χ1v) is 5.85. The Hall–Kier alpha value is -0.490. The Labute approximate surface area is 97.2 Å². The van der Waals surface area contributed by atoms with Crippen molar-refractivity contribution in [3.05, 3.63) is 28.0 Å². The quantitative estimate of drug-likeness (QED) is 0.624. The van der Waals surface area contributed by atoms with Gasteiger partial charge >= 0.3 is 6.43 Å². The van der Waals surface area contributed by atoms with Gasteiger partial charge in [0.15, 0.2) is 0 Å².